The van der Waals surface area contributed by atoms with Crippen LogP contribution in [0.1, 0.15) is 27.0 Å². The molecule has 0 saturated carbocycles. The van der Waals surface area contributed by atoms with Crippen molar-refractivity contribution in [1.29, 1.82) is 0 Å². The average Bonchev–Trinajstić information content (AvgIpc) is 2.69. The van der Waals surface area contributed by atoms with Crippen LogP contribution in [0.4, 0.5) is 5.69 Å². The van der Waals surface area contributed by atoms with E-state index < -0.39 is 16.0 Å². The molecule has 0 bridgehead atoms. The van der Waals surface area contributed by atoms with Gasteiger partial charge in [0.05, 0.1) is 17.6 Å². The number of aromatic nitrogens is 1. The first-order chi connectivity index (χ1) is 13.4. The number of methoxy groups -OCH3 is 1. The van der Waals surface area contributed by atoms with E-state index in [4.69, 9.17) is 4.74 Å². The van der Waals surface area contributed by atoms with Gasteiger partial charge in [-0.2, -0.15) is 0 Å². The maximum Gasteiger partial charge on any atom is 0.338 e. The molecule has 0 unspecified atom stereocenters. The summed E-state index contributed by atoms with van der Waals surface area (Å²) in [7, 11) is -2.57. The Morgan fingerprint density at radius 2 is 1.64 bits per heavy atom. The number of ether oxygens (including phenoxy) is 1. The molecule has 0 aliphatic rings. The van der Waals surface area contributed by atoms with Crippen LogP contribution in [-0.2, 0) is 21.2 Å². The second kappa shape index (κ2) is 8.22. The van der Waals surface area contributed by atoms with Gasteiger partial charge in [0.2, 0.25) is 0 Å². The molecule has 1 N–H and O–H groups in total. The second-order valence-electron chi connectivity index (χ2n) is 6.30. The van der Waals surface area contributed by atoms with Crippen molar-refractivity contribution in [2.45, 2.75) is 18.2 Å². The number of nitrogens with one attached hydrogen (secondary N) is 1. The third-order valence-electron chi connectivity index (χ3n) is 4.29. The fraction of sp³-hybridized carbons (Fsp3) is 0.143. The number of carbonyl (C=O) groups excluding carboxylic acids is 1. The minimum Gasteiger partial charge on any atom is -0.465 e. The van der Waals surface area contributed by atoms with E-state index in [1.54, 1.807) is 37.5 Å². The first-order valence-electron chi connectivity index (χ1n) is 8.59. The number of pyridine rings is 1. The summed E-state index contributed by atoms with van der Waals surface area (Å²) in [6, 6.07) is 15.4. The van der Waals surface area contributed by atoms with Crippen molar-refractivity contribution in [1.82, 2.24) is 4.98 Å². The summed E-state index contributed by atoms with van der Waals surface area (Å²) < 4.78 is 32.6. The maximum absolute atomic E-state index is 12.7. The molecule has 0 aliphatic heterocycles. The molecule has 3 rings (SSSR count). The zero-order chi connectivity index (χ0) is 20.1. The fourth-order valence-electron chi connectivity index (χ4n) is 2.74. The molecule has 0 amide bonds. The lowest BCUT2D eigenvalue weighted by Gasteiger charge is -2.11. The fourth-order valence-corrected chi connectivity index (χ4v) is 3.82. The van der Waals surface area contributed by atoms with E-state index in [1.165, 1.54) is 19.2 Å². The number of nitrogens with zero attached hydrogens (tertiary/aromatic N) is 1. The first-order valence-corrected chi connectivity index (χ1v) is 10.1. The van der Waals surface area contributed by atoms with Crippen LogP contribution in [0, 0.1) is 6.92 Å². The predicted octanol–water partition coefficient (Wildman–Crippen LogP) is 3.57. The van der Waals surface area contributed by atoms with Gasteiger partial charge in [0.25, 0.3) is 10.0 Å². The van der Waals surface area contributed by atoms with Gasteiger partial charge in [-0.3, -0.25) is 9.71 Å². The Labute approximate surface area is 164 Å². The van der Waals surface area contributed by atoms with Gasteiger partial charge in [-0.05, 0) is 66.4 Å². The van der Waals surface area contributed by atoms with E-state index in [0.29, 0.717) is 11.3 Å². The average molecular weight is 396 g/mol. The largest absolute Gasteiger partial charge is 0.465 e. The Morgan fingerprint density at radius 3 is 2.29 bits per heavy atom. The van der Waals surface area contributed by atoms with Gasteiger partial charge in [-0.15, -0.1) is 0 Å². The van der Waals surface area contributed by atoms with E-state index in [2.05, 4.69) is 9.71 Å². The summed E-state index contributed by atoms with van der Waals surface area (Å²) in [5, 5.41) is 0. The molecule has 28 heavy (non-hydrogen) atoms. The van der Waals surface area contributed by atoms with Gasteiger partial charge in [0.1, 0.15) is 0 Å². The van der Waals surface area contributed by atoms with Crippen molar-refractivity contribution in [3.8, 4) is 0 Å². The highest BCUT2D eigenvalue weighted by molar-refractivity contribution is 7.92. The highest BCUT2D eigenvalue weighted by atomic mass is 32.2. The van der Waals surface area contributed by atoms with E-state index in [9.17, 15) is 13.2 Å². The normalized spacial score (nSPS) is 11.1. The molecule has 7 heteroatoms. The summed E-state index contributed by atoms with van der Waals surface area (Å²) in [6.45, 7) is 1.72. The molecular formula is C21H20N2O4S. The van der Waals surface area contributed by atoms with Crippen LogP contribution in [0.15, 0.2) is 71.9 Å². The highest BCUT2D eigenvalue weighted by Gasteiger charge is 2.18. The molecule has 1 aromatic heterocycles. The van der Waals surface area contributed by atoms with Crippen LogP contribution in [0.5, 0.6) is 0 Å². The zero-order valence-electron chi connectivity index (χ0n) is 15.5. The smallest absolute Gasteiger partial charge is 0.338 e. The first kappa shape index (κ1) is 19.6. The quantitative estimate of drug-likeness (QED) is 0.644. The minimum absolute atomic E-state index is 0.000591. The molecule has 0 spiro atoms. The monoisotopic (exact) mass is 396 g/mol. The molecule has 0 radical (unpaired) electrons. The molecule has 1 heterocycles. The summed E-state index contributed by atoms with van der Waals surface area (Å²) in [4.78, 5) is 15.8. The number of anilines is 1. The molecule has 0 saturated heterocycles. The van der Waals surface area contributed by atoms with Gasteiger partial charge in [-0.25, -0.2) is 13.2 Å². The number of hydrogen-bond donors (Lipinski definition) is 1. The Kier molecular flexibility index (Phi) is 5.75. The summed E-state index contributed by atoms with van der Waals surface area (Å²) >= 11 is 0. The van der Waals surface area contributed by atoms with E-state index in [-0.39, 0.29) is 10.5 Å². The van der Waals surface area contributed by atoms with Crippen LogP contribution in [0.3, 0.4) is 0 Å². The van der Waals surface area contributed by atoms with Crippen molar-refractivity contribution < 1.29 is 17.9 Å². The SMILES string of the molecule is COC(=O)c1cc(S(=O)(=O)Nc2ccc(Cc3ccncc3)cc2)ccc1C. The van der Waals surface area contributed by atoms with Gasteiger partial charge in [0.15, 0.2) is 0 Å². The second-order valence-corrected chi connectivity index (χ2v) is 7.99. The lowest BCUT2D eigenvalue weighted by molar-refractivity contribution is 0.0599. The number of benzene rings is 2. The van der Waals surface area contributed by atoms with Crippen molar-refractivity contribution in [3.63, 3.8) is 0 Å². The zero-order valence-corrected chi connectivity index (χ0v) is 16.4. The molecule has 144 valence electrons. The van der Waals surface area contributed by atoms with Crippen LogP contribution in [-0.4, -0.2) is 26.5 Å². The van der Waals surface area contributed by atoms with E-state index in [1.807, 2.05) is 24.3 Å². The van der Waals surface area contributed by atoms with Crippen molar-refractivity contribution in [2.24, 2.45) is 0 Å². The molecule has 6 nitrogen and oxygen atoms in total. The Balaban J connectivity index is 1.78. The standard InChI is InChI=1S/C21H20N2O4S/c1-15-3-8-19(14-20(15)21(24)27-2)28(25,26)23-18-6-4-16(5-7-18)13-17-9-11-22-12-10-17/h3-12,14,23H,13H2,1-2H3. The van der Waals surface area contributed by atoms with Crippen LogP contribution in [0.2, 0.25) is 0 Å². The van der Waals surface area contributed by atoms with Crippen LogP contribution >= 0.6 is 0 Å². The number of rotatable bonds is 6. The summed E-state index contributed by atoms with van der Waals surface area (Å²) in [6.07, 6.45) is 4.21. The van der Waals surface area contributed by atoms with Crippen LogP contribution < -0.4 is 4.72 Å². The van der Waals surface area contributed by atoms with E-state index >= 15 is 0 Å². The van der Waals surface area contributed by atoms with Crippen molar-refractivity contribution in [2.75, 3.05) is 11.8 Å². The molecule has 3 aromatic rings. The number of esters is 1. The Morgan fingerprint density at radius 1 is 1.00 bits per heavy atom. The van der Waals surface area contributed by atoms with Crippen LogP contribution in [0.25, 0.3) is 0 Å². The summed E-state index contributed by atoms with van der Waals surface area (Å²) in [5.41, 5.74) is 3.48. The summed E-state index contributed by atoms with van der Waals surface area (Å²) in [5.74, 6) is -0.574. The lowest BCUT2D eigenvalue weighted by atomic mass is 10.1. The maximum atomic E-state index is 12.7. The highest BCUT2D eigenvalue weighted by Crippen LogP contribution is 2.21. The third kappa shape index (κ3) is 4.55. The van der Waals surface area contributed by atoms with Crippen molar-refractivity contribution in [3.05, 3.63) is 89.2 Å². The number of aryl methyl sites for hydroxylation is 1. The Bertz CT molecular complexity index is 1080. The number of hydrogen-bond acceptors (Lipinski definition) is 5. The van der Waals surface area contributed by atoms with E-state index in [0.717, 1.165) is 17.5 Å². The van der Waals surface area contributed by atoms with Gasteiger partial charge in [-0.1, -0.05) is 18.2 Å². The molecule has 2 aromatic carbocycles. The minimum atomic E-state index is -3.83. The topological polar surface area (TPSA) is 85.4 Å². The number of carbonyl (C=O) groups is 1. The molecule has 0 atom stereocenters. The predicted molar refractivity (Wildman–Crippen MR) is 107 cm³/mol. The molecular weight excluding hydrogens is 376 g/mol. The molecule has 0 fully saturated rings. The molecule has 0 aliphatic carbocycles. The van der Waals surface area contributed by atoms with Gasteiger partial charge in [0, 0.05) is 18.1 Å². The van der Waals surface area contributed by atoms with Gasteiger partial charge < -0.3 is 4.74 Å². The Hall–Kier alpha value is -3.19. The third-order valence-corrected chi connectivity index (χ3v) is 5.67. The number of sulfonamides is 1. The van der Waals surface area contributed by atoms with Gasteiger partial charge >= 0.3 is 5.97 Å². The lowest BCUT2D eigenvalue weighted by Crippen LogP contribution is -2.14. The van der Waals surface area contributed by atoms with Crippen molar-refractivity contribution >= 4 is 21.7 Å².